The van der Waals surface area contributed by atoms with Gasteiger partial charge in [-0.15, -0.1) is 0 Å². The fourth-order valence-electron chi connectivity index (χ4n) is 1.91. The first-order chi connectivity index (χ1) is 9.49. The quantitative estimate of drug-likeness (QED) is 0.654. The van der Waals surface area contributed by atoms with Crippen LogP contribution in [0.15, 0.2) is 42.5 Å². The average molecular weight is 274 g/mol. The fraction of sp³-hybridized carbons (Fsp3) is 0.200. The summed E-state index contributed by atoms with van der Waals surface area (Å²) < 4.78 is 13.5. The summed E-state index contributed by atoms with van der Waals surface area (Å²) in [4.78, 5) is 10.2. The second-order valence-electron chi connectivity index (χ2n) is 4.79. The Morgan fingerprint density at radius 1 is 1.15 bits per heavy atom. The van der Waals surface area contributed by atoms with Gasteiger partial charge in [0.05, 0.1) is 4.92 Å². The van der Waals surface area contributed by atoms with Gasteiger partial charge < -0.3 is 5.32 Å². The van der Waals surface area contributed by atoms with E-state index in [0.29, 0.717) is 11.6 Å². The van der Waals surface area contributed by atoms with Crippen LogP contribution in [-0.4, -0.2) is 4.92 Å². The molecule has 0 bridgehead atoms. The molecule has 104 valence electrons. The molecule has 0 saturated heterocycles. The van der Waals surface area contributed by atoms with Crippen molar-refractivity contribution in [3.05, 3.63) is 64.0 Å². The first-order valence-electron chi connectivity index (χ1n) is 6.29. The number of nitro benzene ring substituents is 1. The summed E-state index contributed by atoms with van der Waals surface area (Å²) in [5.74, 6) is -0.439. The number of nitrogens with one attached hydrogen (secondary N) is 1. The van der Waals surface area contributed by atoms with Gasteiger partial charge in [0, 0.05) is 5.69 Å². The minimum atomic E-state index is -0.848. The van der Waals surface area contributed by atoms with E-state index in [0.717, 1.165) is 6.07 Å². The highest BCUT2D eigenvalue weighted by Crippen LogP contribution is 2.30. The molecule has 2 aromatic carbocycles. The van der Waals surface area contributed by atoms with Crippen molar-refractivity contribution < 1.29 is 9.31 Å². The average Bonchev–Trinajstić information content (AvgIpc) is 2.39. The fourth-order valence-corrected chi connectivity index (χ4v) is 1.91. The molecule has 0 amide bonds. The van der Waals surface area contributed by atoms with E-state index in [4.69, 9.17) is 0 Å². The van der Waals surface area contributed by atoms with Crippen molar-refractivity contribution >= 4 is 17.1 Å². The Kier molecular flexibility index (Phi) is 3.98. The lowest BCUT2D eigenvalue weighted by molar-refractivity contribution is -0.386. The number of benzene rings is 2. The van der Waals surface area contributed by atoms with E-state index in [1.165, 1.54) is 17.7 Å². The van der Waals surface area contributed by atoms with Crippen LogP contribution in [0.3, 0.4) is 0 Å². The van der Waals surface area contributed by atoms with Crippen molar-refractivity contribution in [3.63, 3.8) is 0 Å². The molecule has 0 fully saturated rings. The highest BCUT2D eigenvalue weighted by molar-refractivity contribution is 5.69. The van der Waals surface area contributed by atoms with Crippen LogP contribution in [0.4, 0.5) is 21.5 Å². The van der Waals surface area contributed by atoms with E-state index in [2.05, 4.69) is 19.2 Å². The molecule has 5 heteroatoms. The molecule has 20 heavy (non-hydrogen) atoms. The first kappa shape index (κ1) is 14.0. The Hall–Kier alpha value is -2.43. The number of hydrogen-bond donors (Lipinski definition) is 1. The third kappa shape index (κ3) is 2.93. The number of anilines is 2. The first-order valence-corrected chi connectivity index (χ1v) is 6.29. The van der Waals surface area contributed by atoms with Gasteiger partial charge in [0.2, 0.25) is 5.82 Å². The Bertz CT molecular complexity index is 624. The summed E-state index contributed by atoms with van der Waals surface area (Å²) in [5.41, 5.74) is 1.46. The van der Waals surface area contributed by atoms with Gasteiger partial charge in [0.15, 0.2) is 0 Å². The molecule has 0 unspecified atom stereocenters. The molecular weight excluding hydrogens is 259 g/mol. The van der Waals surface area contributed by atoms with Crippen molar-refractivity contribution in [1.29, 1.82) is 0 Å². The van der Waals surface area contributed by atoms with Crippen LogP contribution in [0.5, 0.6) is 0 Å². The standard InChI is InChI=1S/C15H15FN2O2/c1-10(2)11-6-8-12(9-7-11)17-14-5-3-4-13(16)15(14)18(19)20/h3-10,17H,1-2H3. The largest absolute Gasteiger partial charge is 0.350 e. The van der Waals surface area contributed by atoms with Crippen LogP contribution in [0.2, 0.25) is 0 Å². The maximum absolute atomic E-state index is 13.5. The third-order valence-corrected chi connectivity index (χ3v) is 3.03. The van der Waals surface area contributed by atoms with Crippen LogP contribution in [0.1, 0.15) is 25.3 Å². The molecule has 2 rings (SSSR count). The lowest BCUT2D eigenvalue weighted by atomic mass is 10.0. The van der Waals surface area contributed by atoms with Gasteiger partial charge in [-0.25, -0.2) is 0 Å². The predicted octanol–water partition coefficient (Wildman–Crippen LogP) is 4.60. The molecule has 0 heterocycles. The number of halogens is 1. The molecule has 1 N–H and O–H groups in total. The molecule has 0 atom stereocenters. The maximum Gasteiger partial charge on any atom is 0.327 e. The third-order valence-electron chi connectivity index (χ3n) is 3.03. The second kappa shape index (κ2) is 5.69. The molecule has 0 aromatic heterocycles. The number of hydrogen-bond acceptors (Lipinski definition) is 3. The minimum absolute atomic E-state index is 0.146. The van der Waals surface area contributed by atoms with Crippen LogP contribution < -0.4 is 5.32 Å². The Morgan fingerprint density at radius 2 is 1.80 bits per heavy atom. The van der Waals surface area contributed by atoms with Gasteiger partial charge in [0.25, 0.3) is 0 Å². The zero-order valence-corrected chi connectivity index (χ0v) is 11.3. The molecule has 0 saturated carbocycles. The van der Waals surface area contributed by atoms with Gasteiger partial charge in [0.1, 0.15) is 5.69 Å². The summed E-state index contributed by atoms with van der Waals surface area (Å²) in [6, 6.07) is 11.5. The summed E-state index contributed by atoms with van der Waals surface area (Å²) in [5, 5.41) is 13.8. The van der Waals surface area contributed by atoms with E-state index >= 15 is 0 Å². The lowest BCUT2D eigenvalue weighted by Gasteiger charge is -2.09. The van der Waals surface area contributed by atoms with Gasteiger partial charge >= 0.3 is 5.69 Å². The van der Waals surface area contributed by atoms with E-state index in [9.17, 15) is 14.5 Å². The molecule has 2 aromatic rings. The monoisotopic (exact) mass is 274 g/mol. The smallest absolute Gasteiger partial charge is 0.327 e. The van der Waals surface area contributed by atoms with Crippen LogP contribution in [0, 0.1) is 15.9 Å². The van der Waals surface area contributed by atoms with Gasteiger partial charge in [-0.05, 0) is 35.7 Å². The normalized spacial score (nSPS) is 10.6. The van der Waals surface area contributed by atoms with Crippen molar-refractivity contribution in [1.82, 2.24) is 0 Å². The number of rotatable bonds is 4. The molecular formula is C15H15FN2O2. The molecule has 0 aliphatic heterocycles. The highest BCUT2D eigenvalue weighted by atomic mass is 19.1. The van der Waals surface area contributed by atoms with Crippen LogP contribution >= 0.6 is 0 Å². The van der Waals surface area contributed by atoms with Crippen LogP contribution in [-0.2, 0) is 0 Å². The predicted molar refractivity (Wildman–Crippen MR) is 76.9 cm³/mol. The maximum atomic E-state index is 13.5. The van der Waals surface area contributed by atoms with E-state index in [1.807, 2.05) is 24.3 Å². The number of nitrogens with zero attached hydrogens (tertiary/aromatic N) is 1. The van der Waals surface area contributed by atoms with Crippen molar-refractivity contribution in [2.75, 3.05) is 5.32 Å². The number of nitro groups is 1. The van der Waals surface area contributed by atoms with E-state index in [1.54, 1.807) is 0 Å². The molecule has 0 aliphatic rings. The van der Waals surface area contributed by atoms with Gasteiger partial charge in [-0.1, -0.05) is 32.0 Å². The van der Waals surface area contributed by atoms with Crippen molar-refractivity contribution in [3.8, 4) is 0 Å². The van der Waals surface area contributed by atoms with Crippen LogP contribution in [0.25, 0.3) is 0 Å². The summed E-state index contributed by atoms with van der Waals surface area (Å²) in [6.07, 6.45) is 0. The molecule has 0 radical (unpaired) electrons. The van der Waals surface area contributed by atoms with E-state index < -0.39 is 16.4 Å². The van der Waals surface area contributed by atoms with Crippen molar-refractivity contribution in [2.24, 2.45) is 0 Å². The molecule has 0 aliphatic carbocycles. The van der Waals surface area contributed by atoms with Gasteiger partial charge in [-0.3, -0.25) is 10.1 Å². The highest BCUT2D eigenvalue weighted by Gasteiger charge is 2.19. The molecule has 4 nitrogen and oxygen atoms in total. The van der Waals surface area contributed by atoms with Crippen molar-refractivity contribution in [2.45, 2.75) is 19.8 Å². The SMILES string of the molecule is CC(C)c1ccc(Nc2cccc(F)c2[N+](=O)[O-])cc1. The van der Waals surface area contributed by atoms with Gasteiger partial charge in [-0.2, -0.15) is 4.39 Å². The topological polar surface area (TPSA) is 55.2 Å². The minimum Gasteiger partial charge on any atom is -0.350 e. The molecule has 0 spiro atoms. The second-order valence-corrected chi connectivity index (χ2v) is 4.79. The Morgan fingerprint density at radius 3 is 2.35 bits per heavy atom. The number of para-hydroxylation sites is 1. The Labute approximate surface area is 116 Å². The van der Waals surface area contributed by atoms with E-state index in [-0.39, 0.29) is 5.69 Å². The zero-order valence-electron chi connectivity index (χ0n) is 11.3. The lowest BCUT2D eigenvalue weighted by Crippen LogP contribution is -1.99. The summed E-state index contributed by atoms with van der Waals surface area (Å²) >= 11 is 0. The summed E-state index contributed by atoms with van der Waals surface area (Å²) in [6.45, 7) is 4.17. The Balaban J connectivity index is 2.30. The summed E-state index contributed by atoms with van der Waals surface area (Å²) in [7, 11) is 0. The zero-order chi connectivity index (χ0) is 14.7.